The molecular formula is C39H51F3N4O4. The number of aromatic nitrogens is 3. The first-order valence-corrected chi connectivity index (χ1v) is 18.0. The Morgan fingerprint density at radius 1 is 0.960 bits per heavy atom. The summed E-state index contributed by atoms with van der Waals surface area (Å²) in [7, 11) is 0. The van der Waals surface area contributed by atoms with Crippen molar-refractivity contribution in [3.05, 3.63) is 75.9 Å². The molecule has 272 valence electrons. The van der Waals surface area contributed by atoms with Gasteiger partial charge in [-0.25, -0.2) is 23.1 Å². The van der Waals surface area contributed by atoms with Crippen molar-refractivity contribution in [3.8, 4) is 5.75 Å². The molecule has 0 bridgehead atoms. The van der Waals surface area contributed by atoms with Gasteiger partial charge in [0.05, 0.1) is 44.0 Å². The molecule has 2 aromatic heterocycles. The van der Waals surface area contributed by atoms with Crippen LogP contribution in [0, 0.1) is 17.8 Å². The van der Waals surface area contributed by atoms with Gasteiger partial charge in [-0.15, -0.1) is 0 Å². The van der Waals surface area contributed by atoms with Crippen LogP contribution in [0.5, 0.6) is 5.75 Å². The van der Waals surface area contributed by atoms with Crippen molar-refractivity contribution in [2.24, 2.45) is 10.8 Å². The van der Waals surface area contributed by atoms with E-state index < -0.39 is 23.6 Å². The van der Waals surface area contributed by atoms with Crippen LogP contribution in [0.15, 0.2) is 36.7 Å². The molecule has 1 aromatic carbocycles. The first kappa shape index (κ1) is 36.5. The fourth-order valence-electron chi connectivity index (χ4n) is 7.91. The molecule has 3 heterocycles. The summed E-state index contributed by atoms with van der Waals surface area (Å²) in [5.74, 6) is -2.14. The zero-order valence-corrected chi connectivity index (χ0v) is 29.6. The maximum absolute atomic E-state index is 17.3. The monoisotopic (exact) mass is 696 g/mol. The van der Waals surface area contributed by atoms with Gasteiger partial charge in [0, 0.05) is 54.1 Å². The van der Waals surface area contributed by atoms with E-state index in [1.54, 1.807) is 31.5 Å². The summed E-state index contributed by atoms with van der Waals surface area (Å²) < 4.78 is 51.9. The Morgan fingerprint density at radius 3 is 2.18 bits per heavy atom. The quantitative estimate of drug-likeness (QED) is 0.203. The summed E-state index contributed by atoms with van der Waals surface area (Å²) in [5, 5.41) is 30.7. The van der Waals surface area contributed by atoms with E-state index in [0.717, 1.165) is 16.8 Å². The molecular weight excluding hydrogens is 645 g/mol. The summed E-state index contributed by atoms with van der Waals surface area (Å²) in [4.78, 5) is 16.4. The summed E-state index contributed by atoms with van der Waals surface area (Å²) >= 11 is 0. The zero-order valence-electron chi connectivity index (χ0n) is 29.6. The standard InChI is InChI=1S/C39H51F3N4O4/c1-24-5-7-26(8-6-24)34(40)33-31(25-9-13-39(41,42)14-10-25)32-29(17-37(2,3)18-30(32)49)45-35(33)27-11-15-46(16-12-27)36-43-19-28(20-44-36)50-23-38(4,21-47)22-48/h5-8,19-20,25,27,30,34,47-49H,9-18,21-23H2,1-4H3/t30-,34-/m0/s1. The number of hydrogen-bond donors (Lipinski definition) is 3. The van der Waals surface area contributed by atoms with Crippen LogP contribution < -0.4 is 9.64 Å². The molecule has 50 heavy (non-hydrogen) atoms. The number of fused-ring (bicyclic) bond motifs is 1. The van der Waals surface area contributed by atoms with Gasteiger partial charge in [-0.2, -0.15) is 0 Å². The maximum Gasteiger partial charge on any atom is 0.248 e. The van der Waals surface area contributed by atoms with Gasteiger partial charge >= 0.3 is 0 Å². The molecule has 2 aliphatic carbocycles. The third kappa shape index (κ3) is 7.79. The van der Waals surface area contributed by atoms with Crippen LogP contribution in [0.2, 0.25) is 0 Å². The van der Waals surface area contributed by atoms with Gasteiger partial charge in [-0.05, 0) is 67.9 Å². The topological polar surface area (TPSA) is 112 Å². The molecule has 6 rings (SSSR count). The number of benzene rings is 1. The third-order valence-corrected chi connectivity index (χ3v) is 11.0. The van der Waals surface area contributed by atoms with Crippen molar-refractivity contribution in [1.29, 1.82) is 0 Å². The minimum absolute atomic E-state index is 0.0848. The summed E-state index contributed by atoms with van der Waals surface area (Å²) in [6, 6.07) is 7.36. The highest BCUT2D eigenvalue weighted by Gasteiger charge is 2.43. The number of nitrogens with zero attached hydrogens (tertiary/aromatic N) is 4. The van der Waals surface area contributed by atoms with Crippen molar-refractivity contribution < 1.29 is 33.2 Å². The normalized spacial score (nSPS) is 21.9. The number of hydrogen-bond acceptors (Lipinski definition) is 8. The lowest BCUT2D eigenvalue weighted by Gasteiger charge is -2.41. The van der Waals surface area contributed by atoms with E-state index in [1.807, 2.05) is 19.1 Å². The third-order valence-electron chi connectivity index (χ3n) is 11.0. The summed E-state index contributed by atoms with van der Waals surface area (Å²) in [6.45, 7) is 8.77. The number of pyridine rings is 1. The van der Waals surface area contributed by atoms with Gasteiger partial charge in [-0.3, -0.25) is 4.98 Å². The van der Waals surface area contributed by atoms with Crippen LogP contribution in [0.4, 0.5) is 19.1 Å². The number of aliphatic hydroxyl groups is 3. The Balaban J connectivity index is 1.34. The average Bonchev–Trinajstić information content (AvgIpc) is 3.10. The van der Waals surface area contributed by atoms with Gasteiger partial charge in [0.2, 0.25) is 11.9 Å². The highest BCUT2D eigenvalue weighted by atomic mass is 19.3. The first-order valence-electron chi connectivity index (χ1n) is 18.0. The Bertz CT molecular complexity index is 1610. The molecule has 0 unspecified atom stereocenters. The molecule has 2 atom stereocenters. The zero-order chi connectivity index (χ0) is 35.8. The van der Waals surface area contributed by atoms with Gasteiger partial charge in [0.15, 0.2) is 11.9 Å². The second-order valence-corrected chi connectivity index (χ2v) is 16.0. The van der Waals surface area contributed by atoms with E-state index in [4.69, 9.17) is 9.72 Å². The molecule has 8 nitrogen and oxygen atoms in total. The largest absolute Gasteiger partial charge is 0.490 e. The lowest BCUT2D eigenvalue weighted by atomic mass is 9.68. The molecule has 3 aliphatic rings. The van der Waals surface area contributed by atoms with Crippen LogP contribution in [-0.2, 0) is 6.42 Å². The van der Waals surface area contributed by atoms with Crippen LogP contribution in [0.3, 0.4) is 0 Å². The Labute approximate surface area is 293 Å². The minimum Gasteiger partial charge on any atom is -0.490 e. The highest BCUT2D eigenvalue weighted by molar-refractivity contribution is 5.51. The van der Waals surface area contributed by atoms with Crippen LogP contribution >= 0.6 is 0 Å². The smallest absolute Gasteiger partial charge is 0.248 e. The minimum atomic E-state index is -2.74. The highest BCUT2D eigenvalue weighted by Crippen LogP contribution is 2.52. The molecule has 11 heteroatoms. The Morgan fingerprint density at radius 2 is 1.58 bits per heavy atom. The van der Waals surface area contributed by atoms with E-state index in [9.17, 15) is 24.1 Å². The molecule has 2 fully saturated rings. The van der Waals surface area contributed by atoms with Gasteiger partial charge in [-0.1, -0.05) is 50.6 Å². The first-order chi connectivity index (χ1) is 23.7. The van der Waals surface area contributed by atoms with Crippen molar-refractivity contribution in [1.82, 2.24) is 15.0 Å². The molecule has 1 saturated heterocycles. The van der Waals surface area contributed by atoms with Crippen molar-refractivity contribution in [2.75, 3.05) is 37.8 Å². The SMILES string of the molecule is Cc1ccc([C@H](F)c2c(C3CCN(c4ncc(OCC(C)(CO)CO)cn4)CC3)nc3c(c2C2CCC(F)(F)CC2)[C@@H](O)CC(C)(C)C3)cc1. The fraction of sp³-hybridized carbons (Fsp3) is 0.615. The predicted molar refractivity (Wildman–Crippen MR) is 186 cm³/mol. The molecule has 3 N–H and O–H groups in total. The van der Waals surface area contributed by atoms with Gasteiger partial charge < -0.3 is 25.0 Å². The summed E-state index contributed by atoms with van der Waals surface area (Å²) in [5.41, 5.74) is 3.83. The molecule has 0 radical (unpaired) electrons. The molecule has 0 spiro atoms. The fourth-order valence-corrected chi connectivity index (χ4v) is 7.91. The number of halogens is 3. The van der Waals surface area contributed by atoms with Crippen molar-refractivity contribution >= 4 is 5.95 Å². The number of anilines is 1. The second-order valence-electron chi connectivity index (χ2n) is 16.0. The Kier molecular flexibility index (Phi) is 10.5. The molecule has 1 saturated carbocycles. The van der Waals surface area contributed by atoms with Crippen LogP contribution in [0.25, 0.3) is 0 Å². The van der Waals surface area contributed by atoms with Gasteiger partial charge in [0.25, 0.3) is 0 Å². The second kappa shape index (κ2) is 14.4. The van der Waals surface area contributed by atoms with Crippen LogP contribution in [0.1, 0.15) is 129 Å². The van der Waals surface area contributed by atoms with Gasteiger partial charge in [0.1, 0.15) is 0 Å². The van der Waals surface area contributed by atoms with Crippen molar-refractivity contribution in [3.63, 3.8) is 0 Å². The van der Waals surface area contributed by atoms with E-state index in [2.05, 4.69) is 28.7 Å². The number of aryl methyl sites for hydroxylation is 1. The average molecular weight is 697 g/mol. The lowest BCUT2D eigenvalue weighted by Crippen LogP contribution is -2.36. The number of alkyl halides is 3. The Hall–Kier alpha value is -3.28. The number of piperidine rings is 1. The maximum atomic E-state index is 17.3. The van der Waals surface area contributed by atoms with E-state index in [0.29, 0.717) is 72.9 Å². The predicted octanol–water partition coefficient (Wildman–Crippen LogP) is 7.29. The van der Waals surface area contributed by atoms with Crippen LogP contribution in [-0.4, -0.2) is 69.1 Å². The molecule has 3 aromatic rings. The molecule has 1 aliphatic heterocycles. The number of rotatable bonds is 10. The number of ether oxygens (including phenoxy) is 1. The number of aliphatic hydroxyl groups excluding tert-OH is 3. The lowest BCUT2D eigenvalue weighted by molar-refractivity contribution is -0.0385. The van der Waals surface area contributed by atoms with E-state index >= 15 is 4.39 Å². The molecule has 0 amide bonds. The van der Waals surface area contributed by atoms with E-state index in [-0.39, 0.29) is 62.8 Å². The summed E-state index contributed by atoms with van der Waals surface area (Å²) in [6.07, 6.45) is 3.23. The van der Waals surface area contributed by atoms with E-state index in [1.165, 1.54) is 0 Å². The van der Waals surface area contributed by atoms with Crippen molar-refractivity contribution in [2.45, 2.75) is 109 Å².